The summed E-state index contributed by atoms with van der Waals surface area (Å²) in [6, 6.07) is 11.9. The van der Waals surface area contributed by atoms with Gasteiger partial charge in [0.1, 0.15) is 5.03 Å². The largest absolute Gasteiger partial charge is 0.409 e. The second-order valence-corrected chi connectivity index (χ2v) is 5.79. The molecule has 104 valence electrons. The average molecular weight is 287 g/mol. The van der Waals surface area contributed by atoms with Crippen LogP contribution in [0.15, 0.2) is 57.7 Å². The highest BCUT2D eigenvalue weighted by molar-refractivity contribution is 7.99. The molecule has 0 aliphatic carbocycles. The van der Waals surface area contributed by atoms with E-state index in [0.717, 1.165) is 9.92 Å². The van der Waals surface area contributed by atoms with Crippen LogP contribution < -0.4 is 5.73 Å². The van der Waals surface area contributed by atoms with Gasteiger partial charge in [-0.2, -0.15) is 0 Å². The van der Waals surface area contributed by atoms with Gasteiger partial charge in [-0.1, -0.05) is 42.9 Å². The van der Waals surface area contributed by atoms with Crippen LogP contribution in [-0.4, -0.2) is 16.0 Å². The first-order valence-corrected chi connectivity index (χ1v) is 7.13. The van der Waals surface area contributed by atoms with Crippen molar-refractivity contribution < 1.29 is 5.21 Å². The molecule has 4 nitrogen and oxygen atoms in total. The molecule has 0 spiro atoms. The van der Waals surface area contributed by atoms with Crippen LogP contribution in [0.1, 0.15) is 30.9 Å². The normalized spacial score (nSPS) is 11.8. The van der Waals surface area contributed by atoms with E-state index in [0.29, 0.717) is 11.5 Å². The molecule has 5 heteroatoms. The highest BCUT2D eigenvalue weighted by Crippen LogP contribution is 2.27. The molecule has 3 N–H and O–H groups in total. The van der Waals surface area contributed by atoms with Crippen molar-refractivity contribution in [2.75, 3.05) is 0 Å². The molecular weight excluding hydrogens is 270 g/mol. The highest BCUT2D eigenvalue weighted by Gasteiger charge is 2.04. The van der Waals surface area contributed by atoms with E-state index in [1.807, 2.05) is 0 Å². The van der Waals surface area contributed by atoms with Gasteiger partial charge >= 0.3 is 0 Å². The molecule has 0 fully saturated rings. The molecule has 1 aromatic heterocycles. The first-order chi connectivity index (χ1) is 9.60. The number of pyridine rings is 1. The van der Waals surface area contributed by atoms with Crippen LogP contribution >= 0.6 is 11.8 Å². The van der Waals surface area contributed by atoms with Crippen molar-refractivity contribution in [2.45, 2.75) is 29.7 Å². The summed E-state index contributed by atoms with van der Waals surface area (Å²) in [5.41, 5.74) is 7.54. The SMILES string of the molecule is CC(C)c1ccc(Sc2cc(/C(N)=N/O)ccn2)cc1. The van der Waals surface area contributed by atoms with E-state index in [1.54, 1.807) is 30.1 Å². The van der Waals surface area contributed by atoms with Gasteiger partial charge in [-0.05, 0) is 35.7 Å². The topological polar surface area (TPSA) is 71.5 Å². The van der Waals surface area contributed by atoms with Crippen LogP contribution in [0.3, 0.4) is 0 Å². The second kappa shape index (κ2) is 6.43. The summed E-state index contributed by atoms with van der Waals surface area (Å²) in [6.07, 6.45) is 1.65. The van der Waals surface area contributed by atoms with E-state index < -0.39 is 0 Å². The van der Waals surface area contributed by atoms with E-state index in [9.17, 15) is 0 Å². The van der Waals surface area contributed by atoms with Gasteiger partial charge in [0.2, 0.25) is 0 Å². The van der Waals surface area contributed by atoms with Crippen LogP contribution in [0, 0.1) is 0 Å². The summed E-state index contributed by atoms with van der Waals surface area (Å²) in [5.74, 6) is 0.612. The zero-order valence-electron chi connectivity index (χ0n) is 11.4. The maximum absolute atomic E-state index is 8.69. The first kappa shape index (κ1) is 14.4. The van der Waals surface area contributed by atoms with E-state index in [-0.39, 0.29) is 5.84 Å². The zero-order chi connectivity index (χ0) is 14.5. The molecule has 2 aromatic rings. The fourth-order valence-corrected chi connectivity index (χ4v) is 2.54. The maximum atomic E-state index is 8.69. The molecular formula is C15H17N3OS. The molecule has 0 atom stereocenters. The Morgan fingerprint density at radius 1 is 1.25 bits per heavy atom. The van der Waals surface area contributed by atoms with Gasteiger partial charge in [-0.3, -0.25) is 0 Å². The second-order valence-electron chi connectivity index (χ2n) is 4.69. The smallest absolute Gasteiger partial charge is 0.170 e. The van der Waals surface area contributed by atoms with Crippen molar-refractivity contribution in [1.82, 2.24) is 4.98 Å². The lowest BCUT2D eigenvalue weighted by Crippen LogP contribution is -2.13. The third-order valence-corrected chi connectivity index (χ3v) is 3.85. The zero-order valence-corrected chi connectivity index (χ0v) is 12.3. The number of nitrogens with two attached hydrogens (primary N) is 1. The van der Waals surface area contributed by atoms with Crippen molar-refractivity contribution in [3.8, 4) is 0 Å². The van der Waals surface area contributed by atoms with Crippen molar-refractivity contribution in [2.24, 2.45) is 10.9 Å². The van der Waals surface area contributed by atoms with E-state index in [1.165, 1.54) is 5.56 Å². The fourth-order valence-electron chi connectivity index (χ4n) is 1.72. The molecule has 1 aromatic carbocycles. The molecule has 0 radical (unpaired) electrons. The predicted molar refractivity (Wildman–Crippen MR) is 81.4 cm³/mol. The summed E-state index contributed by atoms with van der Waals surface area (Å²) in [4.78, 5) is 5.39. The minimum absolute atomic E-state index is 0.0874. The first-order valence-electron chi connectivity index (χ1n) is 6.32. The number of aromatic nitrogens is 1. The van der Waals surface area contributed by atoms with Crippen molar-refractivity contribution >= 4 is 17.6 Å². The molecule has 0 unspecified atom stereocenters. The monoisotopic (exact) mass is 287 g/mol. The Morgan fingerprint density at radius 3 is 2.55 bits per heavy atom. The Hall–Kier alpha value is -2.01. The molecule has 0 bridgehead atoms. The number of oxime groups is 1. The molecule has 0 saturated carbocycles. The number of amidine groups is 1. The van der Waals surface area contributed by atoms with E-state index in [2.05, 4.69) is 48.3 Å². The van der Waals surface area contributed by atoms with Crippen LogP contribution in [0.2, 0.25) is 0 Å². The summed E-state index contributed by atoms with van der Waals surface area (Å²) in [6.45, 7) is 4.34. The molecule has 0 saturated heterocycles. The van der Waals surface area contributed by atoms with Crippen molar-refractivity contribution in [1.29, 1.82) is 0 Å². The third kappa shape index (κ3) is 3.51. The van der Waals surface area contributed by atoms with Gasteiger partial charge in [0, 0.05) is 16.7 Å². The Kier molecular flexibility index (Phi) is 4.63. The molecule has 2 rings (SSSR count). The van der Waals surface area contributed by atoms with Gasteiger partial charge in [-0.25, -0.2) is 4.98 Å². The third-order valence-electron chi connectivity index (χ3n) is 2.91. The average Bonchev–Trinajstić information content (AvgIpc) is 2.47. The van der Waals surface area contributed by atoms with Gasteiger partial charge in [-0.15, -0.1) is 0 Å². The standard InChI is InChI=1S/C15H17N3OS/c1-10(2)11-3-5-13(6-4-11)20-14-9-12(7-8-17-14)15(16)18-19/h3-10,19H,1-2H3,(H2,16,18). The molecule has 0 aliphatic heterocycles. The van der Waals surface area contributed by atoms with Crippen LogP contribution in [0.5, 0.6) is 0 Å². The lowest BCUT2D eigenvalue weighted by molar-refractivity contribution is 0.318. The minimum atomic E-state index is 0.0874. The van der Waals surface area contributed by atoms with Crippen LogP contribution in [0.25, 0.3) is 0 Å². The molecule has 0 aliphatic rings. The Balaban J connectivity index is 2.17. The van der Waals surface area contributed by atoms with Crippen molar-refractivity contribution in [3.63, 3.8) is 0 Å². The van der Waals surface area contributed by atoms with Crippen LogP contribution in [0.4, 0.5) is 0 Å². The lowest BCUT2D eigenvalue weighted by atomic mass is 10.0. The number of nitrogens with zero attached hydrogens (tertiary/aromatic N) is 2. The minimum Gasteiger partial charge on any atom is -0.409 e. The van der Waals surface area contributed by atoms with E-state index >= 15 is 0 Å². The number of benzene rings is 1. The lowest BCUT2D eigenvalue weighted by Gasteiger charge is -2.07. The van der Waals surface area contributed by atoms with Gasteiger partial charge in [0.15, 0.2) is 5.84 Å². The van der Waals surface area contributed by atoms with Gasteiger partial charge in [0.05, 0.1) is 0 Å². The molecule has 1 heterocycles. The quantitative estimate of drug-likeness (QED) is 0.391. The fraction of sp³-hybridized carbons (Fsp3) is 0.200. The highest BCUT2D eigenvalue weighted by atomic mass is 32.2. The van der Waals surface area contributed by atoms with Crippen molar-refractivity contribution in [3.05, 3.63) is 53.7 Å². The molecule has 0 amide bonds. The number of rotatable bonds is 4. The Labute approximate surface area is 122 Å². The Morgan fingerprint density at radius 2 is 1.95 bits per heavy atom. The van der Waals surface area contributed by atoms with Crippen LogP contribution in [-0.2, 0) is 0 Å². The maximum Gasteiger partial charge on any atom is 0.170 e. The van der Waals surface area contributed by atoms with Gasteiger partial charge < -0.3 is 10.9 Å². The number of hydrogen-bond donors (Lipinski definition) is 2. The molecule has 20 heavy (non-hydrogen) atoms. The summed E-state index contributed by atoms with van der Waals surface area (Å²) in [7, 11) is 0. The summed E-state index contributed by atoms with van der Waals surface area (Å²) < 4.78 is 0. The predicted octanol–water partition coefficient (Wildman–Crippen LogP) is 3.45. The van der Waals surface area contributed by atoms with E-state index in [4.69, 9.17) is 10.9 Å². The Bertz CT molecular complexity index is 609. The summed E-state index contributed by atoms with van der Waals surface area (Å²) >= 11 is 1.55. The van der Waals surface area contributed by atoms with Gasteiger partial charge in [0.25, 0.3) is 0 Å². The summed E-state index contributed by atoms with van der Waals surface area (Å²) in [5, 5.41) is 12.5. The number of hydrogen-bond acceptors (Lipinski definition) is 4.